The van der Waals surface area contributed by atoms with E-state index in [2.05, 4.69) is 10.4 Å². The first-order valence-electron chi connectivity index (χ1n) is 6.43. The van der Waals surface area contributed by atoms with Gasteiger partial charge in [-0.3, -0.25) is 9.48 Å². The molecule has 1 N–H and O–H groups in total. The Hall–Kier alpha value is -2.44. The highest BCUT2D eigenvalue weighted by Gasteiger charge is 2.09. The number of anilines is 1. The highest BCUT2D eigenvalue weighted by Crippen LogP contribution is 2.17. The minimum atomic E-state index is -2.51. The largest absolute Gasteiger partial charge is 0.488 e. The molecule has 0 saturated carbocycles. The second-order valence-corrected chi connectivity index (χ2v) is 4.27. The van der Waals surface area contributed by atoms with Crippen molar-refractivity contribution in [3.8, 4) is 5.75 Å². The number of aryl methyl sites for hydroxylation is 1. The minimum Gasteiger partial charge on any atom is -0.488 e. The maximum absolute atomic E-state index is 12.0. The monoisotopic (exact) mass is 295 g/mol. The Morgan fingerprint density at radius 1 is 1.38 bits per heavy atom. The number of amides is 1. The zero-order valence-electron chi connectivity index (χ0n) is 11.4. The van der Waals surface area contributed by atoms with E-state index in [0.717, 1.165) is 0 Å². The molecule has 0 aliphatic rings. The first-order chi connectivity index (χ1) is 10.1. The molecule has 21 heavy (non-hydrogen) atoms. The van der Waals surface area contributed by atoms with Crippen LogP contribution in [0.25, 0.3) is 0 Å². The van der Waals surface area contributed by atoms with Gasteiger partial charge in [0.15, 0.2) is 0 Å². The van der Waals surface area contributed by atoms with Crippen LogP contribution in [0.4, 0.5) is 14.5 Å². The predicted octanol–water partition coefficient (Wildman–Crippen LogP) is 2.80. The van der Waals surface area contributed by atoms with Crippen LogP contribution in [-0.4, -0.2) is 28.7 Å². The van der Waals surface area contributed by atoms with Gasteiger partial charge in [0, 0.05) is 18.4 Å². The zero-order chi connectivity index (χ0) is 15.2. The summed E-state index contributed by atoms with van der Waals surface area (Å²) in [7, 11) is 0. The van der Waals surface area contributed by atoms with Crippen LogP contribution in [0.1, 0.15) is 17.3 Å². The average Bonchev–Trinajstić information content (AvgIpc) is 2.95. The highest BCUT2D eigenvalue weighted by atomic mass is 19.3. The molecular weight excluding hydrogens is 280 g/mol. The zero-order valence-corrected chi connectivity index (χ0v) is 11.4. The van der Waals surface area contributed by atoms with Crippen molar-refractivity contribution in [1.29, 1.82) is 0 Å². The number of benzene rings is 1. The van der Waals surface area contributed by atoms with E-state index in [1.807, 2.05) is 6.92 Å². The Balaban J connectivity index is 1.94. The predicted molar refractivity (Wildman–Crippen MR) is 73.8 cm³/mol. The molecule has 5 nitrogen and oxygen atoms in total. The Morgan fingerprint density at radius 3 is 2.67 bits per heavy atom. The van der Waals surface area contributed by atoms with Crippen LogP contribution in [0.3, 0.4) is 0 Å². The first-order valence-corrected chi connectivity index (χ1v) is 6.43. The fourth-order valence-electron chi connectivity index (χ4n) is 1.65. The van der Waals surface area contributed by atoms with Crippen molar-refractivity contribution in [3.63, 3.8) is 0 Å². The third-order valence-corrected chi connectivity index (χ3v) is 2.71. The lowest BCUT2D eigenvalue weighted by Gasteiger charge is -2.07. The molecule has 112 valence electrons. The van der Waals surface area contributed by atoms with Gasteiger partial charge in [-0.2, -0.15) is 5.10 Å². The van der Waals surface area contributed by atoms with Crippen LogP contribution in [0.2, 0.25) is 0 Å². The van der Waals surface area contributed by atoms with Crippen molar-refractivity contribution in [1.82, 2.24) is 9.78 Å². The number of nitrogens with one attached hydrogen (secondary N) is 1. The Morgan fingerprint density at radius 2 is 2.10 bits per heavy atom. The van der Waals surface area contributed by atoms with Gasteiger partial charge >= 0.3 is 0 Å². The molecule has 0 radical (unpaired) electrons. The third kappa shape index (κ3) is 4.27. The molecule has 0 aliphatic carbocycles. The summed E-state index contributed by atoms with van der Waals surface area (Å²) in [4.78, 5) is 11.9. The lowest BCUT2D eigenvalue weighted by molar-refractivity contribution is 0.0819. The normalized spacial score (nSPS) is 10.7. The lowest BCUT2D eigenvalue weighted by Crippen LogP contribution is -2.11. The van der Waals surface area contributed by atoms with Crippen LogP contribution < -0.4 is 10.1 Å². The van der Waals surface area contributed by atoms with E-state index < -0.39 is 13.0 Å². The van der Waals surface area contributed by atoms with Gasteiger partial charge in [0.05, 0.1) is 11.8 Å². The molecule has 7 heteroatoms. The van der Waals surface area contributed by atoms with Gasteiger partial charge in [0.25, 0.3) is 12.3 Å². The average molecular weight is 295 g/mol. The third-order valence-electron chi connectivity index (χ3n) is 2.71. The van der Waals surface area contributed by atoms with Crippen molar-refractivity contribution >= 4 is 11.6 Å². The number of ether oxygens (including phenoxy) is 1. The van der Waals surface area contributed by atoms with Gasteiger partial charge in [-0.05, 0) is 31.2 Å². The maximum Gasteiger partial charge on any atom is 0.272 e. The molecular formula is C14H15F2N3O2. The Bertz CT molecular complexity index is 597. The Labute approximate surface area is 120 Å². The van der Waals surface area contributed by atoms with Crippen molar-refractivity contribution < 1.29 is 18.3 Å². The molecule has 0 bridgehead atoms. The highest BCUT2D eigenvalue weighted by molar-refractivity contribution is 6.03. The second kappa shape index (κ2) is 6.83. The molecule has 1 aromatic carbocycles. The molecule has 2 rings (SSSR count). The number of rotatable bonds is 6. The summed E-state index contributed by atoms with van der Waals surface area (Å²) in [6, 6.07) is 6.22. The van der Waals surface area contributed by atoms with Crippen LogP contribution in [0, 0.1) is 0 Å². The van der Waals surface area contributed by atoms with Gasteiger partial charge in [0.1, 0.15) is 12.4 Å². The fourth-order valence-corrected chi connectivity index (χ4v) is 1.65. The summed E-state index contributed by atoms with van der Waals surface area (Å²) in [6.07, 6.45) is 0.619. The lowest BCUT2D eigenvalue weighted by atomic mass is 10.2. The number of aromatic nitrogens is 2. The standard InChI is InChI=1S/C14H15F2N3O2/c1-2-19-8-10(7-17-19)14(20)18-11-3-5-12(6-4-11)21-9-13(15)16/h3-8,13H,2,9H2,1H3,(H,18,20). The first kappa shape index (κ1) is 15.0. The molecule has 1 amide bonds. The van der Waals surface area contributed by atoms with Gasteiger partial charge in [-0.15, -0.1) is 0 Å². The molecule has 1 aromatic heterocycles. The number of nitrogens with zero attached hydrogens (tertiary/aromatic N) is 2. The molecule has 2 aromatic rings. The number of halogens is 2. The second-order valence-electron chi connectivity index (χ2n) is 4.27. The van der Waals surface area contributed by atoms with E-state index >= 15 is 0 Å². The van der Waals surface area contributed by atoms with Crippen molar-refractivity contribution in [2.75, 3.05) is 11.9 Å². The van der Waals surface area contributed by atoms with Gasteiger partial charge < -0.3 is 10.1 Å². The molecule has 0 atom stereocenters. The maximum atomic E-state index is 12.0. The molecule has 0 spiro atoms. The summed E-state index contributed by atoms with van der Waals surface area (Å²) < 4.78 is 30.5. The molecule has 0 saturated heterocycles. The van der Waals surface area contributed by atoms with Crippen LogP contribution >= 0.6 is 0 Å². The van der Waals surface area contributed by atoms with Crippen molar-refractivity contribution in [2.24, 2.45) is 0 Å². The Kier molecular flexibility index (Phi) is 4.86. The van der Waals surface area contributed by atoms with E-state index in [-0.39, 0.29) is 5.91 Å². The number of hydrogen-bond acceptors (Lipinski definition) is 3. The number of carbonyl (C=O) groups excluding carboxylic acids is 1. The quantitative estimate of drug-likeness (QED) is 0.891. The van der Waals surface area contributed by atoms with E-state index in [1.165, 1.54) is 18.3 Å². The van der Waals surface area contributed by atoms with Gasteiger partial charge in [-0.25, -0.2) is 8.78 Å². The van der Waals surface area contributed by atoms with Crippen LogP contribution in [-0.2, 0) is 6.54 Å². The van der Waals surface area contributed by atoms with Crippen molar-refractivity contribution in [3.05, 3.63) is 42.2 Å². The van der Waals surface area contributed by atoms with Gasteiger partial charge in [-0.1, -0.05) is 0 Å². The number of hydrogen-bond donors (Lipinski definition) is 1. The molecule has 0 fully saturated rings. The summed E-state index contributed by atoms with van der Waals surface area (Å²) in [6.45, 7) is 1.96. The molecule has 1 heterocycles. The van der Waals surface area contributed by atoms with E-state index in [0.29, 0.717) is 23.5 Å². The summed E-state index contributed by atoms with van der Waals surface area (Å²) in [5, 5.41) is 6.71. The van der Waals surface area contributed by atoms with Gasteiger partial charge in [0.2, 0.25) is 0 Å². The minimum absolute atomic E-state index is 0.282. The van der Waals surface area contributed by atoms with Crippen LogP contribution in [0.5, 0.6) is 5.75 Å². The topological polar surface area (TPSA) is 56.2 Å². The van der Waals surface area contributed by atoms with Crippen molar-refractivity contribution in [2.45, 2.75) is 19.9 Å². The SMILES string of the molecule is CCn1cc(C(=O)Nc2ccc(OCC(F)F)cc2)cn1. The summed E-state index contributed by atoms with van der Waals surface area (Å²) >= 11 is 0. The molecule has 0 unspecified atom stereocenters. The van der Waals surface area contributed by atoms with Crippen LogP contribution in [0.15, 0.2) is 36.7 Å². The summed E-state index contributed by atoms with van der Waals surface area (Å²) in [5.74, 6) is 0.0445. The van der Waals surface area contributed by atoms with E-state index in [1.54, 1.807) is 23.0 Å². The van der Waals surface area contributed by atoms with E-state index in [9.17, 15) is 13.6 Å². The fraction of sp³-hybridized carbons (Fsp3) is 0.286. The smallest absolute Gasteiger partial charge is 0.272 e. The summed E-state index contributed by atoms with van der Waals surface area (Å²) in [5.41, 5.74) is 1.00. The van der Waals surface area contributed by atoms with E-state index in [4.69, 9.17) is 4.74 Å². The number of carbonyl (C=O) groups is 1. The molecule has 0 aliphatic heterocycles. The number of alkyl halides is 2.